The average Bonchev–Trinajstić information content (AvgIpc) is 2.93. The Kier molecular flexibility index (Phi) is 12.1. The standard InChI is InChI=1S/C33H54O9/c1-8-9-18(3)28(37)21(6)24(41-32-31(40)30(39)29(38)25(16-35)42-32)15-23-19(4)14-22-13-17(2)12-20(5)27(22)33(23,7)26(36)10-11-34/h9,11,14,17,20-25,27-32,35,37-40H,8,10,12-13,15-16H2,1-7H3/b18-9+/t17-,20+,21-,22+,23-,24-,25+,27-,28+,29+,30-,31+,32+,33+/m0/s1. The molecular weight excluding hydrogens is 540 g/mol. The van der Waals surface area contributed by atoms with Gasteiger partial charge in [-0.25, -0.2) is 0 Å². The maximum atomic E-state index is 13.9. The number of fused-ring (bicyclic) bond motifs is 1. The third-order valence-corrected chi connectivity index (χ3v) is 10.5. The van der Waals surface area contributed by atoms with Crippen molar-refractivity contribution in [1.82, 2.24) is 0 Å². The normalized spacial score (nSPS) is 41.3. The molecule has 5 N–H and O–H groups in total. The molecule has 1 heterocycles. The van der Waals surface area contributed by atoms with Crippen LogP contribution in [0.15, 0.2) is 23.3 Å². The van der Waals surface area contributed by atoms with Crippen LogP contribution < -0.4 is 0 Å². The second-order valence-corrected chi connectivity index (χ2v) is 13.6. The zero-order chi connectivity index (χ0) is 31.5. The number of carbonyl (C=O) groups excluding carboxylic acids is 2. The Labute approximate surface area is 251 Å². The number of allylic oxidation sites excluding steroid dienone is 3. The van der Waals surface area contributed by atoms with Gasteiger partial charge in [-0.1, -0.05) is 52.3 Å². The summed E-state index contributed by atoms with van der Waals surface area (Å²) in [7, 11) is 0. The first-order valence-electron chi connectivity index (χ1n) is 15.7. The Hall–Kier alpha value is -1.46. The van der Waals surface area contributed by atoms with Crippen LogP contribution in [0, 0.1) is 40.9 Å². The number of rotatable bonds is 12. The largest absolute Gasteiger partial charge is 0.394 e. The highest BCUT2D eigenvalue weighted by atomic mass is 16.7. The maximum absolute atomic E-state index is 13.9. The predicted molar refractivity (Wildman–Crippen MR) is 158 cm³/mol. The summed E-state index contributed by atoms with van der Waals surface area (Å²) in [4.78, 5) is 25.6. The van der Waals surface area contributed by atoms with Gasteiger partial charge in [0.1, 0.15) is 36.5 Å². The molecule has 0 aromatic carbocycles. The van der Waals surface area contributed by atoms with Crippen LogP contribution in [-0.2, 0) is 19.1 Å². The molecule has 14 atom stereocenters. The van der Waals surface area contributed by atoms with Crippen molar-refractivity contribution in [2.75, 3.05) is 6.61 Å². The Morgan fingerprint density at radius 3 is 2.45 bits per heavy atom. The summed E-state index contributed by atoms with van der Waals surface area (Å²) in [6.07, 6.45) is -1.20. The molecule has 2 fully saturated rings. The molecule has 2 aliphatic carbocycles. The summed E-state index contributed by atoms with van der Waals surface area (Å²) in [5, 5.41) is 52.6. The van der Waals surface area contributed by atoms with Gasteiger partial charge in [-0.2, -0.15) is 0 Å². The van der Waals surface area contributed by atoms with E-state index in [2.05, 4.69) is 19.9 Å². The van der Waals surface area contributed by atoms with E-state index in [-0.39, 0.29) is 35.9 Å². The fourth-order valence-electron chi connectivity index (χ4n) is 8.42. The summed E-state index contributed by atoms with van der Waals surface area (Å²) in [6, 6.07) is 0. The number of hydrogen-bond acceptors (Lipinski definition) is 9. The molecule has 0 bridgehead atoms. The van der Waals surface area contributed by atoms with Crippen molar-refractivity contribution >= 4 is 12.1 Å². The number of carbonyl (C=O) groups is 2. The van der Waals surface area contributed by atoms with Crippen molar-refractivity contribution in [3.8, 4) is 0 Å². The van der Waals surface area contributed by atoms with Crippen LogP contribution in [0.3, 0.4) is 0 Å². The molecule has 1 saturated carbocycles. The Bertz CT molecular complexity index is 992. The highest BCUT2D eigenvalue weighted by Gasteiger charge is 2.56. The highest BCUT2D eigenvalue weighted by molar-refractivity contribution is 5.94. The molecule has 9 heteroatoms. The molecule has 0 unspecified atom stereocenters. The predicted octanol–water partition coefficient (Wildman–Crippen LogP) is 2.95. The summed E-state index contributed by atoms with van der Waals surface area (Å²) >= 11 is 0. The van der Waals surface area contributed by atoms with Gasteiger partial charge in [0.2, 0.25) is 0 Å². The fourth-order valence-corrected chi connectivity index (χ4v) is 8.42. The number of aldehydes is 1. The molecule has 0 radical (unpaired) electrons. The number of hydrogen-bond donors (Lipinski definition) is 5. The van der Waals surface area contributed by atoms with Gasteiger partial charge in [-0.15, -0.1) is 0 Å². The second kappa shape index (κ2) is 14.5. The first-order valence-corrected chi connectivity index (χ1v) is 15.7. The van der Waals surface area contributed by atoms with E-state index in [0.29, 0.717) is 18.6 Å². The number of aliphatic hydroxyl groups excluding tert-OH is 5. The van der Waals surface area contributed by atoms with Crippen molar-refractivity contribution in [1.29, 1.82) is 0 Å². The molecule has 3 rings (SSSR count). The molecule has 0 aromatic rings. The Morgan fingerprint density at radius 1 is 1.19 bits per heavy atom. The van der Waals surface area contributed by atoms with E-state index in [0.717, 1.165) is 30.4 Å². The summed E-state index contributed by atoms with van der Waals surface area (Å²) < 4.78 is 12.1. The third-order valence-electron chi connectivity index (χ3n) is 10.5. The number of Topliss-reactive ketones (excluding diaryl/α,β-unsaturated/α-hetero) is 1. The van der Waals surface area contributed by atoms with Gasteiger partial charge in [-0.3, -0.25) is 4.79 Å². The summed E-state index contributed by atoms with van der Waals surface area (Å²) in [5.74, 6) is 0.0925. The van der Waals surface area contributed by atoms with E-state index in [9.17, 15) is 35.1 Å². The van der Waals surface area contributed by atoms with Crippen molar-refractivity contribution in [3.05, 3.63) is 23.3 Å². The van der Waals surface area contributed by atoms with Crippen molar-refractivity contribution in [2.45, 2.75) is 123 Å². The smallest absolute Gasteiger partial charge is 0.186 e. The minimum atomic E-state index is -1.61. The monoisotopic (exact) mass is 594 g/mol. The van der Waals surface area contributed by atoms with Crippen molar-refractivity contribution in [3.63, 3.8) is 0 Å². The van der Waals surface area contributed by atoms with Crippen molar-refractivity contribution in [2.24, 2.45) is 40.9 Å². The fraction of sp³-hybridized carbons (Fsp3) is 0.818. The molecule has 0 amide bonds. The summed E-state index contributed by atoms with van der Waals surface area (Å²) in [6.45, 7) is 13.5. The molecular formula is C33H54O9. The van der Waals surface area contributed by atoms with Crippen LogP contribution in [0.2, 0.25) is 0 Å². The second-order valence-electron chi connectivity index (χ2n) is 13.6. The Morgan fingerprint density at radius 2 is 1.86 bits per heavy atom. The molecule has 240 valence electrons. The first kappa shape index (κ1) is 35.0. The van der Waals surface area contributed by atoms with E-state index in [1.807, 2.05) is 40.7 Å². The molecule has 0 aromatic heterocycles. The topological polar surface area (TPSA) is 154 Å². The average molecular weight is 595 g/mol. The molecule has 3 aliphatic rings. The van der Waals surface area contributed by atoms with Gasteiger partial charge >= 0.3 is 0 Å². The van der Waals surface area contributed by atoms with Crippen LogP contribution in [0.1, 0.15) is 80.6 Å². The number of aliphatic hydroxyl groups is 5. The van der Waals surface area contributed by atoms with Gasteiger partial charge in [0.25, 0.3) is 0 Å². The van der Waals surface area contributed by atoms with E-state index < -0.39 is 60.9 Å². The van der Waals surface area contributed by atoms with Crippen LogP contribution in [0.4, 0.5) is 0 Å². The van der Waals surface area contributed by atoms with Crippen LogP contribution in [0.5, 0.6) is 0 Å². The van der Waals surface area contributed by atoms with E-state index in [4.69, 9.17) is 9.47 Å². The zero-order valence-corrected chi connectivity index (χ0v) is 26.3. The van der Waals surface area contributed by atoms with E-state index >= 15 is 0 Å². The lowest BCUT2D eigenvalue weighted by Gasteiger charge is -2.55. The summed E-state index contributed by atoms with van der Waals surface area (Å²) in [5.41, 5.74) is 0.933. The van der Waals surface area contributed by atoms with Gasteiger partial charge < -0.3 is 39.8 Å². The van der Waals surface area contributed by atoms with Crippen LogP contribution in [-0.4, -0.2) is 87.1 Å². The zero-order valence-electron chi connectivity index (χ0n) is 26.3. The Balaban J connectivity index is 2.07. The van der Waals surface area contributed by atoms with Gasteiger partial charge in [0, 0.05) is 11.3 Å². The number of ether oxygens (including phenoxy) is 2. The van der Waals surface area contributed by atoms with Gasteiger partial charge in [0.15, 0.2) is 6.29 Å². The van der Waals surface area contributed by atoms with Gasteiger partial charge in [0.05, 0.1) is 25.2 Å². The minimum absolute atomic E-state index is 0.0321. The molecule has 42 heavy (non-hydrogen) atoms. The van der Waals surface area contributed by atoms with E-state index in [1.54, 1.807) is 0 Å². The van der Waals surface area contributed by atoms with Crippen LogP contribution >= 0.6 is 0 Å². The van der Waals surface area contributed by atoms with Crippen molar-refractivity contribution < 1.29 is 44.6 Å². The lowest BCUT2D eigenvalue weighted by Crippen LogP contribution is -2.60. The molecule has 0 spiro atoms. The quantitative estimate of drug-likeness (QED) is 0.130. The third kappa shape index (κ3) is 6.93. The minimum Gasteiger partial charge on any atom is -0.394 e. The maximum Gasteiger partial charge on any atom is 0.186 e. The first-order chi connectivity index (χ1) is 19.7. The molecule has 1 aliphatic heterocycles. The lowest BCUT2D eigenvalue weighted by atomic mass is 9.48. The SMILES string of the molecule is CC/C=C(\C)[C@@H](O)[C@@H](C)[C@H](C[C@H]1C(C)=C[C@H]2C[C@@H](C)C[C@@H](C)[C@@H]2[C@@]1(C)C(=O)CC=O)O[C@@H]1O[C@H](CO)[C@@H](O)[C@H](O)[C@H]1O. The van der Waals surface area contributed by atoms with Crippen LogP contribution in [0.25, 0.3) is 0 Å². The van der Waals surface area contributed by atoms with Gasteiger partial charge in [-0.05, 0) is 74.7 Å². The highest BCUT2D eigenvalue weighted by Crippen LogP contribution is 2.58. The lowest BCUT2D eigenvalue weighted by molar-refractivity contribution is -0.317. The van der Waals surface area contributed by atoms with E-state index in [1.165, 1.54) is 0 Å². The molecule has 9 nitrogen and oxygen atoms in total. The molecule has 1 saturated heterocycles. The number of ketones is 1.